The third-order valence-corrected chi connectivity index (χ3v) is 6.29. The molecule has 1 aromatic heterocycles. The molecule has 3 rings (SSSR count). The van der Waals surface area contributed by atoms with Crippen molar-refractivity contribution in [1.82, 2.24) is 10.3 Å². The Hall–Kier alpha value is -4.14. The van der Waals surface area contributed by atoms with Crippen molar-refractivity contribution in [2.45, 2.75) is 65.0 Å². The molecule has 3 amide bonds. The lowest BCUT2D eigenvalue weighted by molar-refractivity contribution is -0.118. The molecule has 1 aliphatic carbocycles. The summed E-state index contributed by atoms with van der Waals surface area (Å²) in [5.41, 5.74) is 4.73. The second-order valence-corrected chi connectivity index (χ2v) is 10.5. The smallest absolute Gasteiger partial charge is 0.411 e. The van der Waals surface area contributed by atoms with E-state index in [0.717, 1.165) is 41.6 Å². The van der Waals surface area contributed by atoms with Crippen LogP contribution >= 0.6 is 0 Å². The number of aryl methyl sites for hydroxylation is 1. The van der Waals surface area contributed by atoms with Gasteiger partial charge in [0, 0.05) is 16.9 Å². The van der Waals surface area contributed by atoms with Crippen molar-refractivity contribution in [3.05, 3.63) is 66.5 Å². The minimum absolute atomic E-state index is 0.233. The molecule has 1 aromatic carbocycles. The summed E-state index contributed by atoms with van der Waals surface area (Å²) >= 11 is 0. The van der Waals surface area contributed by atoms with Gasteiger partial charge in [0.2, 0.25) is 5.91 Å². The number of anilines is 2. The quantitative estimate of drug-likeness (QED) is 0.324. The number of benzene rings is 1. The maximum atomic E-state index is 12.9. The molecule has 39 heavy (non-hydrogen) atoms. The monoisotopic (exact) mass is 534 g/mol. The average Bonchev–Trinajstić information content (AvgIpc) is 3.35. The molecule has 0 spiro atoms. The van der Waals surface area contributed by atoms with E-state index in [0.29, 0.717) is 23.5 Å². The van der Waals surface area contributed by atoms with Gasteiger partial charge in [0.15, 0.2) is 0 Å². The highest BCUT2D eigenvalue weighted by Gasteiger charge is 2.26. The fourth-order valence-corrected chi connectivity index (χ4v) is 4.34. The van der Waals surface area contributed by atoms with Crippen molar-refractivity contribution in [2.24, 2.45) is 5.92 Å². The van der Waals surface area contributed by atoms with Gasteiger partial charge in [0.1, 0.15) is 5.60 Å². The lowest BCUT2D eigenvalue weighted by atomic mass is 9.94. The van der Waals surface area contributed by atoms with Crippen LogP contribution in [0.25, 0.3) is 11.1 Å². The van der Waals surface area contributed by atoms with E-state index in [1.165, 1.54) is 7.11 Å². The summed E-state index contributed by atoms with van der Waals surface area (Å²) in [6, 6.07) is 6.79. The molecule has 2 atom stereocenters. The predicted molar refractivity (Wildman–Crippen MR) is 153 cm³/mol. The SMILES string of the molecule is C=CC[C@H](NC(=O)OC(C)(C)C)c1cc(-c2ccc(NC(=O)OC)cc2NC(=O)[C@@H](C)C=C)c2c(n1)CCC2. The van der Waals surface area contributed by atoms with E-state index in [1.807, 2.05) is 32.9 Å². The number of aromatic nitrogens is 1. The van der Waals surface area contributed by atoms with Crippen LogP contribution in [0.2, 0.25) is 0 Å². The van der Waals surface area contributed by atoms with Gasteiger partial charge in [-0.3, -0.25) is 15.1 Å². The number of alkyl carbamates (subject to hydrolysis) is 1. The summed E-state index contributed by atoms with van der Waals surface area (Å²) in [5.74, 6) is -0.660. The summed E-state index contributed by atoms with van der Waals surface area (Å²) in [7, 11) is 1.28. The molecule has 0 saturated carbocycles. The maximum absolute atomic E-state index is 12.9. The highest BCUT2D eigenvalue weighted by Crippen LogP contribution is 2.39. The number of amides is 3. The lowest BCUT2D eigenvalue weighted by Crippen LogP contribution is -2.35. The van der Waals surface area contributed by atoms with Crippen LogP contribution in [0.5, 0.6) is 0 Å². The van der Waals surface area contributed by atoms with E-state index in [-0.39, 0.29) is 5.91 Å². The largest absolute Gasteiger partial charge is 0.453 e. The zero-order valence-electron chi connectivity index (χ0n) is 23.3. The van der Waals surface area contributed by atoms with Crippen molar-refractivity contribution in [2.75, 3.05) is 17.7 Å². The van der Waals surface area contributed by atoms with Crippen LogP contribution in [0, 0.1) is 5.92 Å². The summed E-state index contributed by atoms with van der Waals surface area (Å²) < 4.78 is 10.2. The number of methoxy groups -OCH3 is 1. The molecule has 0 unspecified atom stereocenters. The number of carbonyl (C=O) groups is 3. The highest BCUT2D eigenvalue weighted by molar-refractivity contribution is 5.99. The topological polar surface area (TPSA) is 119 Å². The van der Waals surface area contributed by atoms with E-state index in [1.54, 1.807) is 31.2 Å². The number of fused-ring (bicyclic) bond motifs is 1. The Kier molecular flexibility index (Phi) is 9.51. The minimum atomic E-state index is -0.644. The number of hydrogen-bond acceptors (Lipinski definition) is 6. The van der Waals surface area contributed by atoms with Gasteiger partial charge >= 0.3 is 12.2 Å². The molecule has 1 aliphatic rings. The van der Waals surface area contributed by atoms with Crippen molar-refractivity contribution in [3.63, 3.8) is 0 Å². The number of rotatable bonds is 9. The Bertz CT molecular complexity index is 1260. The highest BCUT2D eigenvalue weighted by atomic mass is 16.6. The zero-order valence-corrected chi connectivity index (χ0v) is 23.3. The number of carbonyl (C=O) groups excluding carboxylic acids is 3. The summed E-state index contributed by atoms with van der Waals surface area (Å²) in [6.45, 7) is 14.7. The normalized spacial score (nSPS) is 13.9. The molecule has 9 nitrogen and oxygen atoms in total. The van der Waals surface area contributed by atoms with E-state index in [4.69, 9.17) is 14.5 Å². The Labute approximate surface area is 230 Å². The fraction of sp³-hybridized carbons (Fsp3) is 0.400. The molecule has 0 bridgehead atoms. The second kappa shape index (κ2) is 12.6. The first-order chi connectivity index (χ1) is 18.4. The number of ether oxygens (including phenoxy) is 2. The van der Waals surface area contributed by atoms with Crippen LogP contribution in [0.4, 0.5) is 21.0 Å². The summed E-state index contributed by atoms with van der Waals surface area (Å²) in [6.07, 6.45) is 5.18. The van der Waals surface area contributed by atoms with Crippen LogP contribution < -0.4 is 16.0 Å². The van der Waals surface area contributed by atoms with Gasteiger partial charge in [-0.2, -0.15) is 0 Å². The van der Waals surface area contributed by atoms with Crippen LogP contribution in [0.1, 0.15) is 63.5 Å². The fourth-order valence-electron chi connectivity index (χ4n) is 4.34. The Morgan fingerprint density at radius 2 is 1.82 bits per heavy atom. The molecule has 0 saturated heterocycles. The molecule has 0 fully saturated rings. The molecular formula is C30H38N4O5. The van der Waals surface area contributed by atoms with E-state index in [2.05, 4.69) is 29.1 Å². The zero-order chi connectivity index (χ0) is 28.7. The number of nitrogens with one attached hydrogen (secondary N) is 3. The van der Waals surface area contributed by atoms with Crippen LogP contribution in [0.15, 0.2) is 49.6 Å². The van der Waals surface area contributed by atoms with Gasteiger partial charge in [0.25, 0.3) is 0 Å². The Morgan fingerprint density at radius 1 is 1.08 bits per heavy atom. The van der Waals surface area contributed by atoms with Gasteiger partial charge in [0.05, 0.1) is 30.5 Å². The van der Waals surface area contributed by atoms with E-state index < -0.39 is 29.7 Å². The van der Waals surface area contributed by atoms with Gasteiger partial charge < -0.3 is 20.1 Å². The molecule has 208 valence electrons. The van der Waals surface area contributed by atoms with Crippen molar-refractivity contribution < 1.29 is 23.9 Å². The molecule has 0 aliphatic heterocycles. The first-order valence-corrected chi connectivity index (χ1v) is 13.0. The van der Waals surface area contributed by atoms with E-state index in [9.17, 15) is 14.4 Å². The standard InChI is InChI=1S/C30H38N4O5/c1-8-11-24(34-29(37)39-30(4,5)6)26-17-22(20-12-10-13-23(20)32-26)21-15-14-19(31-28(36)38-7)16-25(21)33-27(35)18(3)9-2/h8-9,14-18,24H,1-2,10-13H2,3-7H3,(H,31,36)(H,33,35)(H,34,37)/t18-,24-/m0/s1. The summed E-state index contributed by atoms with van der Waals surface area (Å²) in [5, 5.41) is 8.56. The first kappa shape index (κ1) is 29.4. The van der Waals surface area contributed by atoms with Crippen molar-refractivity contribution in [3.8, 4) is 11.1 Å². The minimum Gasteiger partial charge on any atom is -0.453 e. The van der Waals surface area contributed by atoms with Crippen LogP contribution in [-0.2, 0) is 27.1 Å². The number of hydrogen-bond donors (Lipinski definition) is 3. The van der Waals surface area contributed by atoms with Gasteiger partial charge in [-0.25, -0.2) is 9.59 Å². The van der Waals surface area contributed by atoms with Gasteiger partial charge in [-0.1, -0.05) is 25.1 Å². The number of pyridine rings is 1. The Balaban J connectivity index is 2.11. The van der Waals surface area contributed by atoms with E-state index >= 15 is 0 Å². The van der Waals surface area contributed by atoms with Crippen LogP contribution in [0.3, 0.4) is 0 Å². The summed E-state index contributed by atoms with van der Waals surface area (Å²) in [4.78, 5) is 42.2. The molecular weight excluding hydrogens is 496 g/mol. The first-order valence-electron chi connectivity index (χ1n) is 13.0. The molecule has 0 radical (unpaired) electrons. The van der Waals surface area contributed by atoms with Crippen molar-refractivity contribution in [1.29, 1.82) is 0 Å². The third-order valence-electron chi connectivity index (χ3n) is 6.29. The maximum Gasteiger partial charge on any atom is 0.411 e. The van der Waals surface area contributed by atoms with Gasteiger partial charge in [-0.15, -0.1) is 13.2 Å². The van der Waals surface area contributed by atoms with Crippen LogP contribution in [-0.4, -0.2) is 35.8 Å². The predicted octanol–water partition coefficient (Wildman–Crippen LogP) is 6.32. The van der Waals surface area contributed by atoms with Crippen molar-refractivity contribution >= 4 is 29.5 Å². The lowest BCUT2D eigenvalue weighted by Gasteiger charge is -2.24. The molecule has 9 heteroatoms. The molecule has 3 N–H and O–H groups in total. The number of nitrogens with zero attached hydrogens (tertiary/aromatic N) is 1. The van der Waals surface area contributed by atoms with Gasteiger partial charge in [-0.05, 0) is 75.8 Å². The molecule has 1 heterocycles. The average molecular weight is 535 g/mol. The Morgan fingerprint density at radius 3 is 2.46 bits per heavy atom. The molecule has 2 aromatic rings. The third kappa shape index (κ3) is 7.69. The second-order valence-electron chi connectivity index (χ2n) is 10.5.